The molecule has 0 radical (unpaired) electrons. The molecule has 1 heterocycles. The van der Waals surface area contributed by atoms with Gasteiger partial charge in [-0.25, -0.2) is 4.79 Å². The first-order valence-electron chi connectivity index (χ1n) is 8.90. The third-order valence-corrected chi connectivity index (χ3v) is 4.92. The minimum atomic E-state index is -0.494. The SMILES string of the molecule is C=CCn1c(SCC(=O)NC(=O)N[C@H](C)CC)nnc1-c1ccc(OC)cc1. The van der Waals surface area contributed by atoms with Gasteiger partial charge in [0.05, 0.1) is 12.9 Å². The van der Waals surface area contributed by atoms with Gasteiger partial charge in [0.2, 0.25) is 5.91 Å². The lowest BCUT2D eigenvalue weighted by Gasteiger charge is -2.11. The van der Waals surface area contributed by atoms with Crippen LogP contribution in [0.25, 0.3) is 11.4 Å². The quantitative estimate of drug-likeness (QED) is 0.493. The van der Waals surface area contributed by atoms with Gasteiger partial charge in [0.15, 0.2) is 11.0 Å². The van der Waals surface area contributed by atoms with Gasteiger partial charge < -0.3 is 10.1 Å². The van der Waals surface area contributed by atoms with Crippen molar-refractivity contribution in [3.8, 4) is 17.1 Å². The first-order valence-corrected chi connectivity index (χ1v) is 9.88. The Morgan fingerprint density at radius 2 is 2.04 bits per heavy atom. The third kappa shape index (κ3) is 5.85. The molecular formula is C19H25N5O3S. The van der Waals surface area contributed by atoms with Crippen LogP contribution in [0.4, 0.5) is 4.79 Å². The molecule has 2 N–H and O–H groups in total. The summed E-state index contributed by atoms with van der Waals surface area (Å²) in [6.07, 6.45) is 2.52. The van der Waals surface area contributed by atoms with Crippen molar-refractivity contribution in [2.75, 3.05) is 12.9 Å². The van der Waals surface area contributed by atoms with E-state index in [1.54, 1.807) is 13.2 Å². The second-order valence-corrected chi connectivity index (χ2v) is 7.00. The zero-order valence-electron chi connectivity index (χ0n) is 16.3. The van der Waals surface area contributed by atoms with Gasteiger partial charge in [-0.2, -0.15) is 0 Å². The second-order valence-electron chi connectivity index (χ2n) is 6.05. The van der Waals surface area contributed by atoms with Crippen LogP contribution in [0.15, 0.2) is 42.1 Å². The van der Waals surface area contributed by atoms with Gasteiger partial charge in [-0.15, -0.1) is 16.8 Å². The largest absolute Gasteiger partial charge is 0.497 e. The van der Waals surface area contributed by atoms with Gasteiger partial charge in [-0.3, -0.25) is 14.7 Å². The van der Waals surface area contributed by atoms with E-state index in [0.29, 0.717) is 17.5 Å². The summed E-state index contributed by atoms with van der Waals surface area (Å²) in [6, 6.07) is 6.98. The number of hydrogen-bond donors (Lipinski definition) is 2. The lowest BCUT2D eigenvalue weighted by molar-refractivity contribution is -0.117. The molecule has 0 spiro atoms. The Bertz CT molecular complexity index is 819. The molecule has 0 saturated carbocycles. The summed E-state index contributed by atoms with van der Waals surface area (Å²) >= 11 is 1.21. The van der Waals surface area contributed by atoms with E-state index in [1.165, 1.54) is 11.8 Å². The molecule has 2 rings (SSSR count). The molecule has 1 aromatic heterocycles. The van der Waals surface area contributed by atoms with Crippen molar-refractivity contribution in [3.63, 3.8) is 0 Å². The maximum atomic E-state index is 12.0. The molecule has 0 saturated heterocycles. The molecule has 28 heavy (non-hydrogen) atoms. The number of carbonyl (C=O) groups is 2. The standard InChI is InChI=1S/C19H25N5O3S/c1-5-11-24-17(14-7-9-15(27-4)10-8-14)22-23-19(24)28-12-16(25)21-18(26)20-13(3)6-2/h5,7-10,13H,1,6,11-12H2,2-4H3,(H2,20,21,25,26)/t13-/m1/s1. The number of thioether (sulfide) groups is 1. The lowest BCUT2D eigenvalue weighted by atomic mass is 10.2. The fourth-order valence-corrected chi connectivity index (χ4v) is 3.05. The van der Waals surface area contributed by atoms with Crippen molar-refractivity contribution < 1.29 is 14.3 Å². The summed E-state index contributed by atoms with van der Waals surface area (Å²) in [7, 11) is 1.61. The normalized spacial score (nSPS) is 11.5. The molecule has 0 aliphatic heterocycles. The number of ether oxygens (including phenoxy) is 1. The van der Waals surface area contributed by atoms with Crippen molar-refractivity contribution in [1.82, 2.24) is 25.4 Å². The zero-order chi connectivity index (χ0) is 20.5. The molecule has 0 bridgehead atoms. The Labute approximate surface area is 168 Å². The average Bonchev–Trinajstić information content (AvgIpc) is 3.09. The third-order valence-electron chi connectivity index (χ3n) is 3.95. The zero-order valence-corrected chi connectivity index (χ0v) is 17.1. The number of amides is 3. The minimum absolute atomic E-state index is 0.00296. The lowest BCUT2D eigenvalue weighted by Crippen LogP contribution is -2.43. The Morgan fingerprint density at radius 1 is 1.32 bits per heavy atom. The Kier molecular flexibility index (Phi) is 8.06. The summed E-state index contributed by atoms with van der Waals surface area (Å²) in [5.41, 5.74) is 0.874. The van der Waals surface area contributed by atoms with Crippen LogP contribution in [0.5, 0.6) is 5.75 Å². The number of nitrogens with one attached hydrogen (secondary N) is 2. The number of benzene rings is 1. The van der Waals surface area contributed by atoms with Crippen LogP contribution in [0, 0.1) is 0 Å². The smallest absolute Gasteiger partial charge is 0.321 e. The summed E-state index contributed by atoms with van der Waals surface area (Å²) in [6.45, 7) is 8.09. The van der Waals surface area contributed by atoms with E-state index in [1.807, 2.05) is 42.7 Å². The Balaban J connectivity index is 2.05. The van der Waals surface area contributed by atoms with Crippen molar-refractivity contribution in [2.24, 2.45) is 0 Å². The highest BCUT2D eigenvalue weighted by Gasteiger charge is 2.16. The van der Waals surface area contributed by atoms with Gasteiger partial charge in [0.1, 0.15) is 5.75 Å². The topological polar surface area (TPSA) is 98.1 Å². The van der Waals surface area contributed by atoms with E-state index in [0.717, 1.165) is 17.7 Å². The van der Waals surface area contributed by atoms with Crippen molar-refractivity contribution >= 4 is 23.7 Å². The van der Waals surface area contributed by atoms with Crippen LogP contribution in [-0.4, -0.2) is 45.6 Å². The first-order chi connectivity index (χ1) is 13.5. The molecule has 2 aromatic rings. The number of methoxy groups -OCH3 is 1. The number of imide groups is 1. The van der Waals surface area contributed by atoms with Crippen LogP contribution in [0.3, 0.4) is 0 Å². The van der Waals surface area contributed by atoms with Gasteiger partial charge in [0, 0.05) is 18.2 Å². The Morgan fingerprint density at radius 3 is 2.64 bits per heavy atom. The summed E-state index contributed by atoms with van der Waals surface area (Å²) in [5, 5.41) is 14.0. The Hall–Kier alpha value is -2.81. The van der Waals surface area contributed by atoms with E-state index in [2.05, 4.69) is 27.4 Å². The molecule has 0 aliphatic carbocycles. The van der Waals surface area contributed by atoms with Crippen LogP contribution >= 0.6 is 11.8 Å². The highest BCUT2D eigenvalue weighted by atomic mass is 32.2. The fourth-order valence-electron chi connectivity index (χ4n) is 2.30. The molecule has 1 atom stereocenters. The van der Waals surface area contributed by atoms with E-state index in [-0.39, 0.29) is 11.8 Å². The maximum absolute atomic E-state index is 12.0. The van der Waals surface area contributed by atoms with Gasteiger partial charge in [0.25, 0.3) is 0 Å². The number of carbonyl (C=O) groups excluding carboxylic acids is 2. The van der Waals surface area contributed by atoms with Crippen molar-refractivity contribution in [2.45, 2.75) is 38.0 Å². The number of rotatable bonds is 9. The van der Waals surface area contributed by atoms with Crippen LogP contribution in [0.1, 0.15) is 20.3 Å². The van der Waals surface area contributed by atoms with E-state index < -0.39 is 11.9 Å². The number of allylic oxidation sites excluding steroid dienone is 1. The predicted octanol–water partition coefficient (Wildman–Crippen LogP) is 2.86. The van der Waals surface area contributed by atoms with E-state index >= 15 is 0 Å². The highest BCUT2D eigenvalue weighted by molar-refractivity contribution is 7.99. The molecule has 0 aliphatic rings. The molecule has 150 valence electrons. The monoisotopic (exact) mass is 403 g/mol. The van der Waals surface area contributed by atoms with Gasteiger partial charge >= 0.3 is 6.03 Å². The minimum Gasteiger partial charge on any atom is -0.497 e. The van der Waals surface area contributed by atoms with E-state index in [9.17, 15) is 9.59 Å². The van der Waals surface area contributed by atoms with Crippen LogP contribution in [0.2, 0.25) is 0 Å². The molecule has 1 aromatic carbocycles. The average molecular weight is 404 g/mol. The number of nitrogens with zero attached hydrogens (tertiary/aromatic N) is 3. The summed E-state index contributed by atoms with van der Waals surface area (Å²) in [5.74, 6) is 1.07. The molecule has 3 amide bonds. The second kappa shape index (κ2) is 10.5. The molecule has 8 nitrogen and oxygen atoms in total. The first kappa shape index (κ1) is 21.5. The molecule has 9 heteroatoms. The van der Waals surface area contributed by atoms with Crippen molar-refractivity contribution in [1.29, 1.82) is 0 Å². The highest BCUT2D eigenvalue weighted by Crippen LogP contribution is 2.25. The van der Waals surface area contributed by atoms with Crippen LogP contribution in [-0.2, 0) is 11.3 Å². The summed E-state index contributed by atoms with van der Waals surface area (Å²) in [4.78, 5) is 23.8. The predicted molar refractivity (Wildman–Crippen MR) is 109 cm³/mol. The fraction of sp³-hybridized carbons (Fsp3) is 0.368. The van der Waals surface area contributed by atoms with Crippen molar-refractivity contribution in [3.05, 3.63) is 36.9 Å². The van der Waals surface area contributed by atoms with Crippen LogP contribution < -0.4 is 15.4 Å². The van der Waals surface area contributed by atoms with Gasteiger partial charge in [-0.1, -0.05) is 24.8 Å². The van der Waals surface area contributed by atoms with E-state index in [4.69, 9.17) is 4.74 Å². The summed E-state index contributed by atoms with van der Waals surface area (Å²) < 4.78 is 7.04. The number of urea groups is 1. The van der Waals surface area contributed by atoms with Gasteiger partial charge in [-0.05, 0) is 37.6 Å². The molecule has 0 unspecified atom stereocenters. The molecular weight excluding hydrogens is 378 g/mol. The molecule has 0 fully saturated rings. The number of aromatic nitrogens is 3. The maximum Gasteiger partial charge on any atom is 0.321 e. The number of hydrogen-bond acceptors (Lipinski definition) is 6.